The average molecular weight is 441 g/mol. The van der Waals surface area contributed by atoms with Crippen LogP contribution < -0.4 is 10.4 Å². The minimum Gasteiger partial charge on any atom is -0.477 e. The summed E-state index contributed by atoms with van der Waals surface area (Å²) in [6.07, 6.45) is 0. The molecule has 0 saturated carbocycles. The lowest BCUT2D eigenvalue weighted by molar-refractivity contribution is 0.0703. The molecule has 28 heavy (non-hydrogen) atoms. The number of aryl methyl sites for hydroxylation is 1. The van der Waals surface area contributed by atoms with Crippen LogP contribution in [0.5, 0.6) is 0 Å². The standard InChI is InChI=1S/C19H16ClFNO4PS/c1-11-9-13(20)5-8-16(11)27(25,26-2)22-15-10-17(28-18(15)19(23)24)12-3-6-14(21)7-4-12/h3-10,22,25H,1-2H3/p+1. The zero-order chi connectivity index (χ0) is 20.5. The molecule has 1 atom stereocenters. The summed E-state index contributed by atoms with van der Waals surface area (Å²) < 4.78 is 18.6. The van der Waals surface area contributed by atoms with E-state index in [0.29, 0.717) is 26.3 Å². The quantitative estimate of drug-likeness (QED) is 0.450. The van der Waals surface area contributed by atoms with Crippen molar-refractivity contribution >= 4 is 47.8 Å². The zero-order valence-corrected chi connectivity index (χ0v) is 17.4. The van der Waals surface area contributed by atoms with Crippen LogP contribution in [0.4, 0.5) is 10.1 Å². The molecule has 1 unspecified atom stereocenters. The molecule has 0 aliphatic heterocycles. The SMILES string of the molecule is CO[P+](O)(Nc1cc(-c2ccc(F)cc2)sc1C(=O)O)c1ccc(Cl)cc1C. The summed E-state index contributed by atoms with van der Waals surface area (Å²) in [5.41, 5.74) is 1.61. The average Bonchev–Trinajstić information content (AvgIpc) is 3.06. The van der Waals surface area contributed by atoms with Gasteiger partial charge in [-0.2, -0.15) is 9.42 Å². The van der Waals surface area contributed by atoms with E-state index in [1.54, 1.807) is 43.3 Å². The molecular formula is C19H17ClFNO4PS+. The first-order valence-electron chi connectivity index (χ1n) is 8.09. The second-order valence-electron chi connectivity index (χ2n) is 5.97. The summed E-state index contributed by atoms with van der Waals surface area (Å²) >= 11 is 7.01. The van der Waals surface area contributed by atoms with Gasteiger partial charge in [0.05, 0.1) is 7.11 Å². The van der Waals surface area contributed by atoms with E-state index in [2.05, 4.69) is 5.09 Å². The first-order chi connectivity index (χ1) is 13.2. The number of rotatable bonds is 6. The lowest BCUT2D eigenvalue weighted by atomic mass is 10.2. The van der Waals surface area contributed by atoms with Gasteiger partial charge in [-0.1, -0.05) is 23.7 Å². The first kappa shape index (κ1) is 20.7. The number of anilines is 1. The van der Waals surface area contributed by atoms with Crippen LogP contribution in [0, 0.1) is 12.7 Å². The van der Waals surface area contributed by atoms with Crippen LogP contribution in [0.15, 0.2) is 48.5 Å². The molecule has 2 aromatic carbocycles. The highest BCUT2D eigenvalue weighted by Gasteiger charge is 2.43. The van der Waals surface area contributed by atoms with Gasteiger partial charge in [0.15, 0.2) is 5.30 Å². The van der Waals surface area contributed by atoms with Crippen molar-refractivity contribution < 1.29 is 23.7 Å². The lowest BCUT2D eigenvalue weighted by Crippen LogP contribution is -2.22. The van der Waals surface area contributed by atoms with Crippen molar-refractivity contribution in [3.8, 4) is 10.4 Å². The highest BCUT2D eigenvalue weighted by Crippen LogP contribution is 2.55. The molecule has 0 fully saturated rings. The fourth-order valence-electron chi connectivity index (χ4n) is 2.72. The number of aromatic carboxylic acids is 1. The molecule has 0 aliphatic rings. The van der Waals surface area contributed by atoms with Crippen molar-refractivity contribution in [2.45, 2.75) is 6.92 Å². The summed E-state index contributed by atoms with van der Waals surface area (Å²) in [6, 6.07) is 12.3. The predicted molar refractivity (Wildman–Crippen MR) is 112 cm³/mol. The largest absolute Gasteiger partial charge is 0.477 e. The maximum absolute atomic E-state index is 13.2. The normalized spacial score (nSPS) is 13.2. The Kier molecular flexibility index (Phi) is 6.03. The second kappa shape index (κ2) is 8.15. The van der Waals surface area contributed by atoms with Gasteiger partial charge in [-0.15, -0.1) is 11.3 Å². The number of benzene rings is 2. The van der Waals surface area contributed by atoms with Crippen LogP contribution in [-0.2, 0) is 4.52 Å². The fraction of sp³-hybridized carbons (Fsp3) is 0.105. The van der Waals surface area contributed by atoms with Gasteiger partial charge < -0.3 is 5.11 Å². The first-order valence-corrected chi connectivity index (χ1v) is 10.9. The molecule has 1 heterocycles. The molecule has 0 bridgehead atoms. The third-order valence-corrected chi connectivity index (χ3v) is 7.71. The Labute approximate surface area is 170 Å². The Morgan fingerprint density at radius 3 is 2.46 bits per heavy atom. The molecule has 0 saturated heterocycles. The van der Waals surface area contributed by atoms with Crippen molar-refractivity contribution in [2.75, 3.05) is 12.2 Å². The Hall–Kier alpha value is -2.02. The van der Waals surface area contributed by atoms with Gasteiger partial charge in [0.25, 0.3) is 0 Å². The summed E-state index contributed by atoms with van der Waals surface area (Å²) in [6.45, 7) is 1.78. The number of nitrogens with one attached hydrogen (secondary N) is 1. The number of hydrogen-bond donors (Lipinski definition) is 3. The lowest BCUT2D eigenvalue weighted by Gasteiger charge is -2.19. The van der Waals surface area contributed by atoms with E-state index in [0.717, 1.165) is 11.3 Å². The van der Waals surface area contributed by atoms with Crippen molar-refractivity contribution in [3.63, 3.8) is 0 Å². The molecule has 146 valence electrons. The van der Waals surface area contributed by atoms with Crippen molar-refractivity contribution in [2.24, 2.45) is 0 Å². The maximum Gasteiger partial charge on any atom is 0.403 e. The van der Waals surface area contributed by atoms with Crippen LogP contribution in [0.2, 0.25) is 5.02 Å². The van der Waals surface area contributed by atoms with Crippen molar-refractivity contribution in [3.05, 3.63) is 69.8 Å². The Balaban J connectivity index is 2.04. The van der Waals surface area contributed by atoms with E-state index in [9.17, 15) is 19.2 Å². The van der Waals surface area contributed by atoms with E-state index < -0.39 is 13.8 Å². The number of carboxylic acids is 1. The molecule has 1 aromatic heterocycles. The van der Waals surface area contributed by atoms with Gasteiger partial charge in [0, 0.05) is 15.5 Å². The van der Waals surface area contributed by atoms with Gasteiger partial charge >= 0.3 is 13.8 Å². The highest BCUT2D eigenvalue weighted by atomic mass is 35.5. The summed E-state index contributed by atoms with van der Waals surface area (Å²) in [4.78, 5) is 23.5. The third kappa shape index (κ3) is 4.19. The van der Waals surface area contributed by atoms with Gasteiger partial charge in [-0.3, -0.25) is 0 Å². The molecule has 0 spiro atoms. The van der Waals surface area contributed by atoms with E-state index in [1.807, 2.05) is 0 Å². The van der Waals surface area contributed by atoms with E-state index in [1.165, 1.54) is 19.2 Å². The molecular weight excluding hydrogens is 424 g/mol. The Bertz CT molecular complexity index is 1030. The van der Waals surface area contributed by atoms with Gasteiger partial charge in [0.2, 0.25) is 0 Å². The smallest absolute Gasteiger partial charge is 0.403 e. The van der Waals surface area contributed by atoms with Gasteiger partial charge in [-0.05, 0) is 48.9 Å². The highest BCUT2D eigenvalue weighted by molar-refractivity contribution is 7.74. The molecule has 3 aromatic rings. The van der Waals surface area contributed by atoms with E-state index in [-0.39, 0.29) is 16.4 Å². The minimum atomic E-state index is -3.36. The van der Waals surface area contributed by atoms with Crippen LogP contribution >= 0.6 is 30.8 Å². The Morgan fingerprint density at radius 2 is 1.89 bits per heavy atom. The molecule has 3 rings (SSSR count). The summed E-state index contributed by atoms with van der Waals surface area (Å²) in [5.74, 6) is -1.52. The zero-order valence-electron chi connectivity index (χ0n) is 14.9. The molecule has 0 aliphatic carbocycles. The summed E-state index contributed by atoms with van der Waals surface area (Å²) in [5, 5.41) is 13.5. The minimum absolute atomic E-state index is 0.0152. The number of carbonyl (C=O) groups is 1. The predicted octanol–water partition coefficient (Wildman–Crippen LogP) is 5.35. The van der Waals surface area contributed by atoms with E-state index >= 15 is 0 Å². The monoisotopic (exact) mass is 440 g/mol. The number of hydrogen-bond acceptors (Lipinski definition) is 5. The van der Waals surface area contributed by atoms with Crippen molar-refractivity contribution in [1.82, 2.24) is 0 Å². The molecule has 9 heteroatoms. The van der Waals surface area contributed by atoms with Crippen LogP contribution in [0.3, 0.4) is 0 Å². The van der Waals surface area contributed by atoms with Crippen molar-refractivity contribution in [1.29, 1.82) is 0 Å². The topological polar surface area (TPSA) is 78.8 Å². The molecule has 0 radical (unpaired) electrons. The second-order valence-corrected chi connectivity index (χ2v) is 9.68. The van der Waals surface area contributed by atoms with Gasteiger partial charge in [-0.25, -0.2) is 14.3 Å². The molecule has 5 nitrogen and oxygen atoms in total. The van der Waals surface area contributed by atoms with Gasteiger partial charge in [0.1, 0.15) is 16.4 Å². The maximum atomic E-state index is 13.2. The number of halogens is 2. The van der Waals surface area contributed by atoms with E-state index in [4.69, 9.17) is 16.1 Å². The van der Waals surface area contributed by atoms with Crippen LogP contribution in [0.25, 0.3) is 10.4 Å². The molecule has 0 amide bonds. The number of thiophene rings is 1. The number of carboxylic acid groups (broad SMARTS) is 1. The fourth-order valence-corrected chi connectivity index (χ4v) is 5.71. The Morgan fingerprint density at radius 1 is 1.21 bits per heavy atom. The molecule has 3 N–H and O–H groups in total. The van der Waals surface area contributed by atoms with Crippen LogP contribution in [-0.4, -0.2) is 23.1 Å². The third-order valence-electron chi connectivity index (χ3n) is 4.08. The van der Waals surface area contributed by atoms with Crippen LogP contribution in [0.1, 0.15) is 15.2 Å². The summed E-state index contributed by atoms with van der Waals surface area (Å²) in [7, 11) is -2.01.